The first-order chi connectivity index (χ1) is 11.1. The highest BCUT2D eigenvalue weighted by molar-refractivity contribution is 7.99. The van der Waals surface area contributed by atoms with Crippen LogP contribution in [0.3, 0.4) is 0 Å². The van der Waals surface area contributed by atoms with Gasteiger partial charge in [0.05, 0.1) is 12.1 Å². The molecule has 3 aromatic rings. The number of nitrogens with one attached hydrogen (secondary N) is 1. The number of halogens is 1. The molecule has 0 saturated heterocycles. The average molecular weight is 348 g/mol. The second-order valence-electron chi connectivity index (χ2n) is 5.51. The highest BCUT2D eigenvalue weighted by Crippen LogP contribution is 2.32. The minimum Gasteiger partial charge on any atom is -0.301 e. The van der Waals surface area contributed by atoms with E-state index in [0.717, 1.165) is 11.1 Å². The summed E-state index contributed by atoms with van der Waals surface area (Å²) in [4.78, 5) is 20.3. The van der Waals surface area contributed by atoms with Gasteiger partial charge < -0.3 is 4.98 Å². The van der Waals surface area contributed by atoms with Crippen molar-refractivity contribution >= 4 is 33.3 Å². The molecular weight excluding hydrogens is 331 g/mol. The maximum Gasteiger partial charge on any atom is 0.260 e. The minimum atomic E-state index is -0.440. The van der Waals surface area contributed by atoms with Crippen molar-refractivity contribution in [3.8, 4) is 11.1 Å². The molecule has 6 heteroatoms. The summed E-state index contributed by atoms with van der Waals surface area (Å²) in [6.07, 6.45) is 0. The number of thioether (sulfide) groups is 1. The van der Waals surface area contributed by atoms with Crippen molar-refractivity contribution in [2.45, 2.75) is 24.9 Å². The largest absolute Gasteiger partial charge is 0.301 e. The molecule has 2 heterocycles. The third-order valence-corrected chi connectivity index (χ3v) is 5.32. The van der Waals surface area contributed by atoms with Crippen LogP contribution in [0.5, 0.6) is 0 Å². The zero-order valence-electron chi connectivity index (χ0n) is 12.9. The molecule has 0 fully saturated rings. The van der Waals surface area contributed by atoms with E-state index < -0.39 is 6.67 Å². The maximum atomic E-state index is 12.4. The molecule has 1 aromatic carbocycles. The Bertz CT molecular complexity index is 868. The van der Waals surface area contributed by atoms with Crippen molar-refractivity contribution in [3.63, 3.8) is 0 Å². The van der Waals surface area contributed by atoms with Crippen molar-refractivity contribution in [3.05, 3.63) is 45.6 Å². The number of thiophene rings is 1. The summed E-state index contributed by atoms with van der Waals surface area (Å²) in [5.41, 5.74) is 3.01. The van der Waals surface area contributed by atoms with Crippen molar-refractivity contribution in [2.24, 2.45) is 0 Å². The molecule has 0 unspecified atom stereocenters. The standard InChI is InChI=1S/C17H17FN2OS2/c1-10(2)11-3-5-12(6-4-11)13-9-23-16-14(13)15(21)19-17(20-16)22-8-7-18/h3-6,9-10H,7-8H2,1-2H3,(H,19,20,21). The summed E-state index contributed by atoms with van der Waals surface area (Å²) >= 11 is 2.67. The van der Waals surface area contributed by atoms with E-state index in [9.17, 15) is 9.18 Å². The second kappa shape index (κ2) is 6.84. The fourth-order valence-corrected chi connectivity index (χ4v) is 3.99. The quantitative estimate of drug-likeness (QED) is 0.530. The molecule has 3 rings (SSSR count). The summed E-state index contributed by atoms with van der Waals surface area (Å²) in [7, 11) is 0. The van der Waals surface area contributed by atoms with Crippen LogP contribution >= 0.6 is 23.1 Å². The lowest BCUT2D eigenvalue weighted by Gasteiger charge is -2.06. The Morgan fingerprint density at radius 2 is 2.04 bits per heavy atom. The Balaban J connectivity index is 2.03. The van der Waals surface area contributed by atoms with Gasteiger partial charge >= 0.3 is 0 Å². The van der Waals surface area contributed by atoms with Crippen LogP contribution in [0, 0.1) is 0 Å². The van der Waals surface area contributed by atoms with Crippen molar-refractivity contribution in [1.29, 1.82) is 0 Å². The molecule has 2 aromatic heterocycles. The summed E-state index contributed by atoms with van der Waals surface area (Å²) in [6, 6.07) is 8.28. The van der Waals surface area contributed by atoms with Crippen LogP contribution in [0.25, 0.3) is 21.3 Å². The van der Waals surface area contributed by atoms with E-state index in [1.54, 1.807) is 0 Å². The van der Waals surface area contributed by atoms with Gasteiger partial charge in [-0.15, -0.1) is 11.3 Å². The molecule has 0 atom stereocenters. The first kappa shape index (κ1) is 16.2. The van der Waals surface area contributed by atoms with E-state index in [4.69, 9.17) is 0 Å². The Morgan fingerprint density at radius 1 is 1.30 bits per heavy atom. The number of hydrogen-bond acceptors (Lipinski definition) is 4. The van der Waals surface area contributed by atoms with Gasteiger partial charge in [-0.25, -0.2) is 4.98 Å². The van der Waals surface area contributed by atoms with Gasteiger partial charge in [-0.2, -0.15) is 0 Å². The van der Waals surface area contributed by atoms with E-state index in [1.165, 1.54) is 28.7 Å². The summed E-state index contributed by atoms with van der Waals surface area (Å²) in [5, 5.41) is 3.04. The third-order valence-electron chi connectivity index (χ3n) is 3.63. The Labute approximate surface area is 142 Å². The molecule has 0 amide bonds. The van der Waals surface area contributed by atoms with Gasteiger partial charge in [0.25, 0.3) is 5.56 Å². The molecule has 0 spiro atoms. The van der Waals surface area contributed by atoms with Crippen LogP contribution < -0.4 is 5.56 Å². The molecule has 1 N–H and O–H groups in total. The molecule has 0 aliphatic rings. The first-order valence-electron chi connectivity index (χ1n) is 7.40. The lowest BCUT2D eigenvalue weighted by Crippen LogP contribution is -2.08. The number of fused-ring (bicyclic) bond motifs is 1. The van der Waals surface area contributed by atoms with Gasteiger partial charge in [-0.1, -0.05) is 49.9 Å². The summed E-state index contributed by atoms with van der Waals surface area (Å²) < 4.78 is 12.3. The molecule has 0 bridgehead atoms. The Hall–Kier alpha value is -1.66. The molecular formula is C17H17FN2OS2. The SMILES string of the molecule is CC(C)c1ccc(-c2csc3nc(SCCF)[nH]c(=O)c23)cc1. The molecule has 120 valence electrons. The van der Waals surface area contributed by atoms with E-state index in [2.05, 4.69) is 35.9 Å². The molecule has 0 radical (unpaired) electrons. The summed E-state index contributed by atoms with van der Waals surface area (Å²) in [6.45, 7) is 3.87. The van der Waals surface area contributed by atoms with Gasteiger partial charge in [0.15, 0.2) is 5.16 Å². The molecule has 0 aliphatic carbocycles. The monoisotopic (exact) mass is 348 g/mol. The topological polar surface area (TPSA) is 45.8 Å². The number of alkyl halides is 1. The molecule has 0 aliphatic heterocycles. The van der Waals surface area contributed by atoms with Crippen LogP contribution in [-0.4, -0.2) is 22.4 Å². The smallest absolute Gasteiger partial charge is 0.260 e. The van der Waals surface area contributed by atoms with E-state index in [1.807, 2.05) is 17.5 Å². The van der Waals surface area contributed by atoms with Gasteiger partial charge in [-0.05, 0) is 17.0 Å². The zero-order valence-corrected chi connectivity index (χ0v) is 14.6. The minimum absolute atomic E-state index is 0.166. The van der Waals surface area contributed by atoms with E-state index >= 15 is 0 Å². The van der Waals surface area contributed by atoms with Crippen LogP contribution in [0.1, 0.15) is 25.3 Å². The lowest BCUT2D eigenvalue weighted by molar-refractivity contribution is 0.532. The Morgan fingerprint density at radius 3 is 2.70 bits per heavy atom. The molecule has 3 nitrogen and oxygen atoms in total. The van der Waals surface area contributed by atoms with Gasteiger partial charge in [0, 0.05) is 16.7 Å². The van der Waals surface area contributed by atoms with Gasteiger partial charge in [-0.3, -0.25) is 9.18 Å². The van der Waals surface area contributed by atoms with Gasteiger partial charge in [0.2, 0.25) is 0 Å². The lowest BCUT2D eigenvalue weighted by atomic mass is 9.99. The highest BCUT2D eigenvalue weighted by atomic mass is 32.2. The number of nitrogens with zero attached hydrogens (tertiary/aromatic N) is 1. The van der Waals surface area contributed by atoms with Crippen LogP contribution in [0.15, 0.2) is 39.6 Å². The fourth-order valence-electron chi connectivity index (χ4n) is 2.39. The maximum absolute atomic E-state index is 12.4. The fraction of sp³-hybridized carbons (Fsp3) is 0.294. The highest BCUT2D eigenvalue weighted by Gasteiger charge is 2.13. The first-order valence-corrected chi connectivity index (χ1v) is 9.27. The van der Waals surface area contributed by atoms with Crippen molar-refractivity contribution in [2.75, 3.05) is 12.4 Å². The average Bonchev–Trinajstić information content (AvgIpc) is 2.97. The molecule has 0 saturated carbocycles. The second-order valence-corrected chi connectivity index (χ2v) is 7.46. The van der Waals surface area contributed by atoms with E-state index in [-0.39, 0.29) is 5.56 Å². The number of aromatic amines is 1. The Kier molecular flexibility index (Phi) is 4.82. The number of benzene rings is 1. The van der Waals surface area contributed by atoms with Crippen LogP contribution in [0.2, 0.25) is 0 Å². The van der Waals surface area contributed by atoms with Crippen LogP contribution in [-0.2, 0) is 0 Å². The predicted octanol–water partition coefficient (Wildman–Crippen LogP) is 4.84. The third kappa shape index (κ3) is 3.33. The number of aromatic nitrogens is 2. The number of rotatable bonds is 5. The summed E-state index contributed by atoms with van der Waals surface area (Å²) in [5.74, 6) is 0.770. The number of hydrogen-bond donors (Lipinski definition) is 1. The normalized spacial score (nSPS) is 11.5. The molecule has 23 heavy (non-hydrogen) atoms. The predicted molar refractivity (Wildman–Crippen MR) is 96.5 cm³/mol. The van der Waals surface area contributed by atoms with Gasteiger partial charge in [0.1, 0.15) is 4.83 Å². The van der Waals surface area contributed by atoms with Crippen LogP contribution in [0.4, 0.5) is 4.39 Å². The number of H-pyrrole nitrogens is 1. The zero-order chi connectivity index (χ0) is 16.4. The van der Waals surface area contributed by atoms with Crippen molar-refractivity contribution in [1.82, 2.24) is 9.97 Å². The van der Waals surface area contributed by atoms with E-state index in [0.29, 0.717) is 27.0 Å². The van der Waals surface area contributed by atoms with Crippen molar-refractivity contribution < 1.29 is 4.39 Å².